The summed E-state index contributed by atoms with van der Waals surface area (Å²) in [5.41, 5.74) is 1.26. The molecule has 0 spiro atoms. The van der Waals surface area contributed by atoms with Gasteiger partial charge in [0, 0.05) is 25.4 Å². The van der Waals surface area contributed by atoms with E-state index in [1.54, 1.807) is 24.7 Å². The molecule has 6 nitrogen and oxygen atoms in total. The third-order valence-electron chi connectivity index (χ3n) is 3.42. The molecule has 132 valence electrons. The zero-order valence-corrected chi connectivity index (χ0v) is 15.1. The Bertz CT molecular complexity index is 740. The smallest absolute Gasteiger partial charge is 0.278 e. The van der Waals surface area contributed by atoms with Crippen LogP contribution in [0, 0.1) is 12.7 Å². The number of nitrogens with zero attached hydrogens (tertiary/aromatic N) is 3. The molecule has 2 heterocycles. The first kappa shape index (κ1) is 19.6. The number of carbonyl (C=O) groups is 2. The summed E-state index contributed by atoms with van der Waals surface area (Å²) in [6.07, 6.45) is 0.206. The van der Waals surface area contributed by atoms with Crippen molar-refractivity contribution in [2.24, 2.45) is 7.05 Å². The van der Waals surface area contributed by atoms with Crippen LogP contribution in [0.4, 0.5) is 15.0 Å². The molecule has 1 aliphatic rings. The topological polar surface area (TPSA) is 67.2 Å². The molecular weight excluding hydrogens is 311 g/mol. The molecule has 0 radical (unpaired) electrons. The van der Waals surface area contributed by atoms with Gasteiger partial charge in [-0.1, -0.05) is 27.7 Å². The van der Waals surface area contributed by atoms with Crippen LogP contribution >= 0.6 is 0 Å². The Morgan fingerprint density at radius 2 is 1.79 bits per heavy atom. The van der Waals surface area contributed by atoms with E-state index in [0.717, 1.165) is 5.52 Å². The Kier molecular flexibility index (Phi) is 6.88. The zero-order chi connectivity index (χ0) is 18.4. The average molecular weight is 336 g/mol. The van der Waals surface area contributed by atoms with Crippen LogP contribution in [0.3, 0.4) is 0 Å². The van der Waals surface area contributed by atoms with Gasteiger partial charge in [0.25, 0.3) is 0 Å². The van der Waals surface area contributed by atoms with Crippen LogP contribution in [0.2, 0.25) is 0 Å². The van der Waals surface area contributed by atoms with Crippen LogP contribution in [-0.2, 0) is 11.8 Å². The number of hydrogen-bond acceptors (Lipinski definition) is 3. The molecule has 3 rings (SSSR count). The lowest BCUT2D eigenvalue weighted by molar-refractivity contribution is -0.120. The van der Waals surface area contributed by atoms with Crippen molar-refractivity contribution in [3.63, 3.8) is 0 Å². The predicted molar refractivity (Wildman–Crippen MR) is 93.6 cm³/mol. The summed E-state index contributed by atoms with van der Waals surface area (Å²) in [6.45, 7) is 9.92. The van der Waals surface area contributed by atoms with Gasteiger partial charge < -0.3 is 0 Å². The highest BCUT2D eigenvalue weighted by molar-refractivity contribution is 6.08. The molecule has 24 heavy (non-hydrogen) atoms. The third kappa shape index (κ3) is 3.72. The number of amides is 3. The lowest BCUT2D eigenvalue weighted by Gasteiger charge is -2.24. The van der Waals surface area contributed by atoms with Crippen LogP contribution in [0.1, 0.15) is 39.7 Å². The van der Waals surface area contributed by atoms with E-state index in [-0.39, 0.29) is 24.7 Å². The van der Waals surface area contributed by atoms with Crippen LogP contribution in [0.25, 0.3) is 10.9 Å². The number of anilines is 1. The van der Waals surface area contributed by atoms with Gasteiger partial charge in [0.2, 0.25) is 5.91 Å². The van der Waals surface area contributed by atoms with Crippen LogP contribution < -0.4 is 10.2 Å². The van der Waals surface area contributed by atoms with Gasteiger partial charge in [-0.05, 0) is 24.6 Å². The maximum atomic E-state index is 13.8. The fourth-order valence-corrected chi connectivity index (χ4v) is 2.33. The number of fused-ring (bicyclic) bond motifs is 1. The number of carbonyl (C=O) groups excluding carboxylic acids is 2. The minimum Gasteiger partial charge on any atom is -0.278 e. The van der Waals surface area contributed by atoms with Crippen molar-refractivity contribution in [1.82, 2.24) is 15.1 Å². The van der Waals surface area contributed by atoms with Gasteiger partial charge in [-0.25, -0.2) is 9.18 Å². The highest BCUT2D eigenvalue weighted by Crippen LogP contribution is 2.28. The molecule has 7 heteroatoms. The molecule has 1 N–H and O–H groups in total. The molecule has 0 aliphatic carbocycles. The first-order chi connectivity index (χ1) is 11.5. The Labute approximate surface area is 141 Å². The Hall–Kier alpha value is -2.44. The summed E-state index contributed by atoms with van der Waals surface area (Å²) < 4.78 is 15.4. The molecule has 1 aromatic heterocycles. The zero-order valence-electron chi connectivity index (χ0n) is 15.1. The summed E-state index contributed by atoms with van der Waals surface area (Å²) >= 11 is 0. The average Bonchev–Trinajstić information content (AvgIpc) is 2.88. The highest BCUT2D eigenvalue weighted by atomic mass is 19.1. The SMILES string of the molecule is CC.CC.Cc1cc2c(cc1F)c(N1CCC(=O)NC1=O)nn2C. The molecule has 3 amide bonds. The fourth-order valence-electron chi connectivity index (χ4n) is 2.33. The van der Waals surface area contributed by atoms with Crippen molar-refractivity contribution in [3.8, 4) is 0 Å². The van der Waals surface area contributed by atoms with Crippen LogP contribution in [0.5, 0.6) is 0 Å². The van der Waals surface area contributed by atoms with Gasteiger partial charge in [0.05, 0.1) is 5.52 Å². The lowest BCUT2D eigenvalue weighted by atomic mass is 10.1. The molecule has 1 saturated heterocycles. The van der Waals surface area contributed by atoms with Crippen LogP contribution in [-0.4, -0.2) is 28.3 Å². The second-order valence-corrected chi connectivity index (χ2v) is 4.82. The lowest BCUT2D eigenvalue weighted by Crippen LogP contribution is -2.49. The molecule has 1 aliphatic heterocycles. The number of benzene rings is 1. The molecule has 0 bridgehead atoms. The maximum absolute atomic E-state index is 13.8. The summed E-state index contributed by atoms with van der Waals surface area (Å²) in [4.78, 5) is 24.4. The quantitative estimate of drug-likeness (QED) is 0.866. The normalized spacial score (nSPS) is 13.7. The van der Waals surface area contributed by atoms with Gasteiger partial charge in [0.15, 0.2) is 5.82 Å². The van der Waals surface area contributed by atoms with E-state index in [0.29, 0.717) is 16.8 Å². The monoisotopic (exact) mass is 336 g/mol. The molecule has 1 aromatic carbocycles. The van der Waals surface area contributed by atoms with E-state index < -0.39 is 6.03 Å². The summed E-state index contributed by atoms with van der Waals surface area (Å²) in [5.74, 6) is -0.292. The predicted octanol–water partition coefficient (Wildman–Crippen LogP) is 3.52. The van der Waals surface area contributed by atoms with Crippen molar-refractivity contribution in [2.45, 2.75) is 41.0 Å². The van der Waals surface area contributed by atoms with Crippen LogP contribution in [0.15, 0.2) is 12.1 Å². The van der Waals surface area contributed by atoms with E-state index in [9.17, 15) is 14.0 Å². The van der Waals surface area contributed by atoms with E-state index in [2.05, 4.69) is 10.4 Å². The Morgan fingerprint density at radius 3 is 2.38 bits per heavy atom. The molecule has 0 atom stereocenters. The number of halogens is 1. The number of urea groups is 1. The van der Waals surface area contributed by atoms with Gasteiger partial charge in [-0.15, -0.1) is 0 Å². The van der Waals surface area contributed by atoms with Crippen molar-refractivity contribution in [1.29, 1.82) is 0 Å². The summed E-state index contributed by atoms with van der Waals surface area (Å²) in [6, 6.07) is 2.53. The highest BCUT2D eigenvalue weighted by Gasteiger charge is 2.28. The number of nitrogens with one attached hydrogen (secondary N) is 1. The van der Waals surface area contributed by atoms with Crippen molar-refractivity contribution in [2.75, 3.05) is 11.4 Å². The first-order valence-corrected chi connectivity index (χ1v) is 8.21. The van der Waals surface area contributed by atoms with E-state index in [4.69, 9.17) is 0 Å². The second kappa shape index (κ2) is 8.42. The molecule has 1 fully saturated rings. The number of imide groups is 1. The first-order valence-electron chi connectivity index (χ1n) is 8.21. The Morgan fingerprint density at radius 1 is 1.17 bits per heavy atom. The fraction of sp³-hybridized carbons (Fsp3) is 0.471. The van der Waals surface area contributed by atoms with E-state index in [1.165, 1.54) is 11.0 Å². The van der Waals surface area contributed by atoms with Crippen molar-refractivity contribution >= 4 is 28.7 Å². The van der Waals surface area contributed by atoms with E-state index >= 15 is 0 Å². The second-order valence-electron chi connectivity index (χ2n) is 4.82. The van der Waals surface area contributed by atoms with E-state index in [1.807, 2.05) is 27.7 Å². The molecule has 0 unspecified atom stereocenters. The van der Waals surface area contributed by atoms with Crippen molar-refractivity contribution in [3.05, 3.63) is 23.5 Å². The number of hydrogen-bond donors (Lipinski definition) is 1. The minimum absolute atomic E-state index is 0.206. The Balaban J connectivity index is 0.000000671. The van der Waals surface area contributed by atoms with Gasteiger partial charge in [-0.2, -0.15) is 5.10 Å². The number of aromatic nitrogens is 2. The maximum Gasteiger partial charge on any atom is 0.329 e. The number of aryl methyl sites for hydroxylation is 2. The molecular formula is C17H25FN4O2. The van der Waals surface area contributed by atoms with Gasteiger partial charge in [0.1, 0.15) is 5.82 Å². The number of rotatable bonds is 1. The van der Waals surface area contributed by atoms with Gasteiger partial charge >= 0.3 is 6.03 Å². The summed E-state index contributed by atoms with van der Waals surface area (Å²) in [7, 11) is 1.73. The van der Waals surface area contributed by atoms with Crippen molar-refractivity contribution < 1.29 is 14.0 Å². The summed E-state index contributed by atoms with van der Waals surface area (Å²) in [5, 5.41) is 7.06. The largest absolute Gasteiger partial charge is 0.329 e. The minimum atomic E-state index is -0.526. The third-order valence-corrected chi connectivity index (χ3v) is 3.42. The standard InChI is InChI=1S/C13H13FN4O2.2C2H6/c1-7-5-10-8(6-9(7)14)12(16-17(10)2)18-4-3-11(19)15-13(18)20;2*1-2/h5-6H,3-4H2,1-2H3,(H,15,19,20);2*1-2H3. The van der Waals surface area contributed by atoms with Gasteiger partial charge in [-0.3, -0.25) is 19.7 Å². The molecule has 0 saturated carbocycles. The molecule has 2 aromatic rings.